The molecule has 0 bridgehead atoms. The van der Waals surface area contributed by atoms with Gasteiger partial charge in [0.05, 0.1) is 12.7 Å². The second-order valence-electron chi connectivity index (χ2n) is 6.15. The van der Waals surface area contributed by atoms with Crippen molar-refractivity contribution in [2.45, 2.75) is 19.1 Å². The fourth-order valence-corrected chi connectivity index (χ4v) is 2.90. The number of carbonyl (C=O) groups is 1. The van der Waals surface area contributed by atoms with Crippen molar-refractivity contribution in [1.82, 2.24) is 20.0 Å². The van der Waals surface area contributed by atoms with Crippen LogP contribution >= 0.6 is 0 Å². The first-order valence-corrected chi connectivity index (χ1v) is 8.51. The van der Waals surface area contributed by atoms with Gasteiger partial charge in [0.25, 0.3) is 5.91 Å². The molecule has 0 aliphatic carbocycles. The van der Waals surface area contributed by atoms with Crippen molar-refractivity contribution in [3.8, 4) is 16.9 Å². The molecule has 134 valence electrons. The number of likely N-dealkylation sites (tertiary alicyclic amines) is 1. The Balaban J connectivity index is 1.45. The van der Waals surface area contributed by atoms with Crippen LogP contribution in [0.3, 0.4) is 0 Å². The Morgan fingerprint density at radius 1 is 1.36 bits per heavy atom. The van der Waals surface area contributed by atoms with Gasteiger partial charge in [0.2, 0.25) is 6.30 Å². The van der Waals surface area contributed by atoms with E-state index >= 15 is 0 Å². The molecule has 0 spiro atoms. The number of nitrogens with zero attached hydrogens (tertiary/aromatic N) is 3. The summed E-state index contributed by atoms with van der Waals surface area (Å²) in [6.07, 6.45) is 4.06. The van der Waals surface area contributed by atoms with Crippen molar-refractivity contribution in [1.29, 1.82) is 0 Å². The Morgan fingerprint density at radius 3 is 2.88 bits per heavy atom. The highest BCUT2D eigenvalue weighted by atomic mass is 19.1. The van der Waals surface area contributed by atoms with Crippen LogP contribution in [-0.2, 0) is 11.8 Å². The van der Waals surface area contributed by atoms with Gasteiger partial charge in [-0.15, -0.1) is 0 Å². The number of carbonyl (C=O) groups excluding carboxylic acids is 1. The summed E-state index contributed by atoms with van der Waals surface area (Å²) >= 11 is 0. The van der Waals surface area contributed by atoms with Gasteiger partial charge in [-0.2, -0.15) is 5.10 Å². The number of hydrogen-bond donors (Lipinski definition) is 1. The first-order valence-electron chi connectivity index (χ1n) is 8.51. The van der Waals surface area contributed by atoms with E-state index in [1.807, 2.05) is 37.5 Å². The maximum Gasteiger partial charge on any atom is 0.270 e. The van der Waals surface area contributed by atoms with Crippen LogP contribution in [0.25, 0.3) is 11.1 Å². The van der Waals surface area contributed by atoms with Crippen LogP contribution in [0.4, 0.5) is 4.39 Å². The van der Waals surface area contributed by atoms with Gasteiger partial charge >= 0.3 is 0 Å². The molecule has 1 atom stereocenters. The molecule has 1 saturated heterocycles. The van der Waals surface area contributed by atoms with Crippen LogP contribution in [0, 0.1) is 0 Å². The van der Waals surface area contributed by atoms with Crippen molar-refractivity contribution in [3.05, 3.63) is 36.7 Å². The predicted octanol–water partition coefficient (Wildman–Crippen LogP) is 1.97. The molecule has 1 amide bonds. The number of alkyl halides is 1. The number of amides is 1. The van der Waals surface area contributed by atoms with Crippen molar-refractivity contribution >= 4 is 5.91 Å². The quantitative estimate of drug-likeness (QED) is 0.615. The van der Waals surface area contributed by atoms with E-state index in [4.69, 9.17) is 4.74 Å². The molecule has 6 nitrogen and oxygen atoms in total. The molecule has 1 aliphatic rings. The minimum absolute atomic E-state index is 0.268. The zero-order chi connectivity index (χ0) is 17.6. The summed E-state index contributed by atoms with van der Waals surface area (Å²) in [6.45, 7) is 1.84. The van der Waals surface area contributed by atoms with E-state index in [0.717, 1.165) is 24.0 Å². The maximum atomic E-state index is 14.0. The largest absolute Gasteiger partial charge is 0.492 e. The molecule has 7 heteroatoms. The van der Waals surface area contributed by atoms with Gasteiger partial charge < -0.3 is 10.1 Å². The van der Waals surface area contributed by atoms with Gasteiger partial charge in [0, 0.05) is 31.9 Å². The molecular formula is C18H23FN4O2. The van der Waals surface area contributed by atoms with E-state index in [0.29, 0.717) is 18.8 Å². The van der Waals surface area contributed by atoms with Gasteiger partial charge in [-0.3, -0.25) is 14.4 Å². The highest BCUT2D eigenvalue weighted by Crippen LogP contribution is 2.23. The minimum atomic E-state index is -1.56. The number of aromatic nitrogens is 2. The average molecular weight is 346 g/mol. The highest BCUT2D eigenvalue weighted by molar-refractivity contribution is 5.80. The molecule has 1 aliphatic heterocycles. The predicted molar refractivity (Wildman–Crippen MR) is 92.9 cm³/mol. The van der Waals surface area contributed by atoms with E-state index in [9.17, 15) is 9.18 Å². The van der Waals surface area contributed by atoms with E-state index in [1.165, 1.54) is 0 Å². The van der Waals surface area contributed by atoms with Crippen molar-refractivity contribution < 1.29 is 13.9 Å². The normalized spacial score (nSPS) is 15.9. The number of benzene rings is 1. The topological polar surface area (TPSA) is 59.4 Å². The summed E-state index contributed by atoms with van der Waals surface area (Å²) < 4.78 is 21.4. The molecule has 1 aromatic heterocycles. The summed E-state index contributed by atoms with van der Waals surface area (Å²) in [4.78, 5) is 13.4. The van der Waals surface area contributed by atoms with Crippen LogP contribution in [0.15, 0.2) is 36.7 Å². The smallest absolute Gasteiger partial charge is 0.270 e. The fraction of sp³-hybridized carbons (Fsp3) is 0.444. The summed E-state index contributed by atoms with van der Waals surface area (Å²) in [6, 6.07) is 7.65. The third kappa shape index (κ3) is 4.57. The number of rotatable bonds is 7. The summed E-state index contributed by atoms with van der Waals surface area (Å²) in [7, 11) is 1.87. The maximum absolute atomic E-state index is 14.0. The molecule has 0 saturated carbocycles. The standard InChI is InChI=1S/C18H23FN4O2/c1-22-13-15(12-21-22)14-5-4-6-16(11-14)25-10-7-20-18(24)17(19)23-8-2-3-9-23/h4-6,11-13,17H,2-3,7-10H2,1H3,(H,20,24). The van der Waals surface area contributed by atoms with E-state index in [1.54, 1.807) is 15.8 Å². The molecule has 1 fully saturated rings. The number of ether oxygens (including phenoxy) is 1. The Kier molecular flexibility index (Phi) is 5.65. The molecule has 25 heavy (non-hydrogen) atoms. The zero-order valence-corrected chi connectivity index (χ0v) is 14.3. The molecule has 1 aromatic carbocycles. The monoisotopic (exact) mass is 346 g/mol. The molecular weight excluding hydrogens is 323 g/mol. The lowest BCUT2D eigenvalue weighted by atomic mass is 10.1. The van der Waals surface area contributed by atoms with Crippen LogP contribution in [-0.4, -0.2) is 53.1 Å². The first kappa shape index (κ1) is 17.4. The number of halogens is 1. The molecule has 1 N–H and O–H groups in total. The van der Waals surface area contributed by atoms with E-state index in [2.05, 4.69) is 10.4 Å². The summed E-state index contributed by atoms with van der Waals surface area (Å²) in [5.74, 6) is 0.113. The molecule has 2 heterocycles. The SMILES string of the molecule is Cn1cc(-c2cccc(OCCNC(=O)C(F)N3CCCC3)c2)cn1. The van der Waals surface area contributed by atoms with Crippen LogP contribution in [0.1, 0.15) is 12.8 Å². The van der Waals surface area contributed by atoms with Gasteiger partial charge in [-0.1, -0.05) is 12.1 Å². The number of hydrogen-bond acceptors (Lipinski definition) is 4. The van der Waals surface area contributed by atoms with E-state index in [-0.39, 0.29) is 13.2 Å². The molecule has 2 aromatic rings. The lowest BCUT2D eigenvalue weighted by molar-refractivity contribution is -0.132. The third-order valence-corrected chi connectivity index (χ3v) is 4.22. The highest BCUT2D eigenvalue weighted by Gasteiger charge is 2.27. The molecule has 0 radical (unpaired) electrons. The minimum Gasteiger partial charge on any atom is -0.492 e. The van der Waals surface area contributed by atoms with Gasteiger partial charge in [-0.05, 0) is 30.5 Å². The molecule has 1 unspecified atom stereocenters. The van der Waals surface area contributed by atoms with E-state index < -0.39 is 12.2 Å². The second-order valence-corrected chi connectivity index (χ2v) is 6.15. The Bertz CT molecular complexity index is 713. The summed E-state index contributed by atoms with van der Waals surface area (Å²) in [5.41, 5.74) is 2.01. The fourth-order valence-electron chi connectivity index (χ4n) is 2.90. The Morgan fingerprint density at radius 2 is 2.16 bits per heavy atom. The lowest BCUT2D eigenvalue weighted by Gasteiger charge is -2.19. The number of aryl methyl sites for hydroxylation is 1. The second kappa shape index (κ2) is 8.11. The molecule has 3 rings (SSSR count). The summed E-state index contributed by atoms with van der Waals surface area (Å²) in [5, 5.41) is 6.74. The Labute approximate surface area is 146 Å². The third-order valence-electron chi connectivity index (χ3n) is 4.22. The first-order chi connectivity index (χ1) is 12.1. The van der Waals surface area contributed by atoms with Gasteiger partial charge in [0.15, 0.2) is 0 Å². The number of nitrogens with one attached hydrogen (secondary N) is 1. The van der Waals surface area contributed by atoms with Crippen molar-refractivity contribution in [2.75, 3.05) is 26.2 Å². The van der Waals surface area contributed by atoms with Crippen molar-refractivity contribution in [2.24, 2.45) is 7.05 Å². The zero-order valence-electron chi connectivity index (χ0n) is 14.3. The Hall–Kier alpha value is -2.41. The van der Waals surface area contributed by atoms with Crippen LogP contribution in [0.5, 0.6) is 5.75 Å². The van der Waals surface area contributed by atoms with Gasteiger partial charge in [-0.25, -0.2) is 4.39 Å². The van der Waals surface area contributed by atoms with Crippen LogP contribution in [0.2, 0.25) is 0 Å². The van der Waals surface area contributed by atoms with Gasteiger partial charge in [0.1, 0.15) is 12.4 Å². The average Bonchev–Trinajstić information content (AvgIpc) is 3.30. The van der Waals surface area contributed by atoms with Crippen molar-refractivity contribution in [3.63, 3.8) is 0 Å². The van der Waals surface area contributed by atoms with Crippen LogP contribution < -0.4 is 10.1 Å². The lowest BCUT2D eigenvalue weighted by Crippen LogP contribution is -2.44.